The number of anilines is 1. The zero-order chi connectivity index (χ0) is 21.6. The van der Waals surface area contributed by atoms with Gasteiger partial charge in [0.15, 0.2) is 0 Å². The molecule has 29 heavy (non-hydrogen) atoms. The van der Waals surface area contributed by atoms with Crippen molar-refractivity contribution in [1.29, 1.82) is 0 Å². The Bertz CT molecular complexity index is 770. The van der Waals surface area contributed by atoms with Crippen molar-refractivity contribution in [3.8, 4) is 0 Å². The summed E-state index contributed by atoms with van der Waals surface area (Å²) in [5.41, 5.74) is 0. The van der Waals surface area contributed by atoms with Gasteiger partial charge in [0.05, 0.1) is 12.5 Å². The number of unbranched alkanes of at least 4 members (excludes halogenated alkanes) is 1. The van der Waals surface area contributed by atoms with Crippen molar-refractivity contribution < 1.29 is 32.8 Å². The SMILES string of the molecule is CCCC[C@H](CN(O)C=O)C(=O)N1CC=C[C@H]1C(=O)Nc1nnc(C(F)(F)F)s1. The van der Waals surface area contributed by atoms with Crippen LogP contribution in [0.25, 0.3) is 0 Å². The van der Waals surface area contributed by atoms with Gasteiger partial charge in [-0.1, -0.05) is 43.3 Å². The number of hydrogen-bond acceptors (Lipinski definition) is 7. The second-order valence-corrected chi connectivity index (χ2v) is 7.31. The second kappa shape index (κ2) is 9.78. The maximum absolute atomic E-state index is 12.9. The van der Waals surface area contributed by atoms with Crippen molar-refractivity contribution >= 4 is 34.7 Å². The fourth-order valence-corrected chi connectivity index (χ4v) is 3.40. The first-order chi connectivity index (χ1) is 13.7. The third kappa shape index (κ3) is 5.97. The molecule has 2 heterocycles. The van der Waals surface area contributed by atoms with E-state index < -0.39 is 35.0 Å². The van der Waals surface area contributed by atoms with Gasteiger partial charge in [0.25, 0.3) is 5.91 Å². The molecule has 160 valence electrons. The summed E-state index contributed by atoms with van der Waals surface area (Å²) in [6.45, 7) is 1.82. The minimum absolute atomic E-state index is 0.121. The van der Waals surface area contributed by atoms with Crippen LogP contribution in [0.2, 0.25) is 0 Å². The van der Waals surface area contributed by atoms with Crippen LogP contribution in [0.15, 0.2) is 12.2 Å². The topological polar surface area (TPSA) is 116 Å². The van der Waals surface area contributed by atoms with Crippen molar-refractivity contribution in [1.82, 2.24) is 20.2 Å². The zero-order valence-electron chi connectivity index (χ0n) is 15.4. The van der Waals surface area contributed by atoms with Crippen LogP contribution in [0.3, 0.4) is 0 Å². The van der Waals surface area contributed by atoms with Crippen LogP contribution in [0.4, 0.5) is 18.3 Å². The predicted octanol–water partition coefficient (Wildman–Crippen LogP) is 1.92. The molecule has 0 radical (unpaired) electrons. The molecule has 0 saturated carbocycles. The Balaban J connectivity index is 2.08. The molecule has 1 aromatic heterocycles. The first-order valence-electron chi connectivity index (χ1n) is 8.76. The fourth-order valence-electron chi connectivity index (χ4n) is 2.79. The van der Waals surface area contributed by atoms with E-state index in [2.05, 4.69) is 15.5 Å². The van der Waals surface area contributed by atoms with Crippen LogP contribution in [0.1, 0.15) is 31.2 Å². The lowest BCUT2D eigenvalue weighted by atomic mass is 9.99. The lowest BCUT2D eigenvalue weighted by Gasteiger charge is -2.28. The van der Waals surface area contributed by atoms with E-state index in [4.69, 9.17) is 0 Å². The molecule has 2 rings (SSSR count). The number of amides is 3. The largest absolute Gasteiger partial charge is 0.445 e. The van der Waals surface area contributed by atoms with E-state index in [0.29, 0.717) is 17.9 Å². The van der Waals surface area contributed by atoms with Gasteiger partial charge >= 0.3 is 6.18 Å². The molecule has 1 aromatic rings. The number of nitrogens with one attached hydrogen (secondary N) is 1. The van der Waals surface area contributed by atoms with Crippen LogP contribution in [0.5, 0.6) is 0 Å². The van der Waals surface area contributed by atoms with Crippen molar-refractivity contribution in [3.63, 3.8) is 0 Å². The summed E-state index contributed by atoms with van der Waals surface area (Å²) in [5, 5.41) is 16.8. The highest BCUT2D eigenvalue weighted by Crippen LogP contribution is 2.33. The van der Waals surface area contributed by atoms with Crippen molar-refractivity contribution in [3.05, 3.63) is 17.2 Å². The number of carbonyl (C=O) groups excluding carboxylic acids is 3. The Morgan fingerprint density at radius 3 is 2.79 bits per heavy atom. The third-order valence-electron chi connectivity index (χ3n) is 4.19. The van der Waals surface area contributed by atoms with Crippen LogP contribution in [0, 0.1) is 5.92 Å². The smallest absolute Gasteiger partial charge is 0.323 e. The van der Waals surface area contributed by atoms with E-state index in [-0.39, 0.29) is 36.0 Å². The highest BCUT2D eigenvalue weighted by Gasteiger charge is 2.37. The Kier molecular flexibility index (Phi) is 7.67. The summed E-state index contributed by atoms with van der Waals surface area (Å²) in [6, 6.07) is -1.05. The highest BCUT2D eigenvalue weighted by atomic mass is 32.1. The first kappa shape index (κ1) is 22.7. The second-order valence-electron chi connectivity index (χ2n) is 6.33. The van der Waals surface area contributed by atoms with Crippen molar-refractivity contribution in [2.24, 2.45) is 5.92 Å². The fraction of sp³-hybridized carbons (Fsp3) is 0.562. The van der Waals surface area contributed by atoms with E-state index in [1.807, 2.05) is 6.92 Å². The molecule has 9 nitrogen and oxygen atoms in total. The molecule has 0 saturated heterocycles. The molecule has 2 N–H and O–H groups in total. The molecular weight excluding hydrogens is 415 g/mol. The molecule has 0 unspecified atom stereocenters. The maximum atomic E-state index is 12.9. The monoisotopic (exact) mass is 435 g/mol. The highest BCUT2D eigenvalue weighted by molar-refractivity contribution is 7.15. The minimum Gasteiger partial charge on any atom is -0.323 e. The average molecular weight is 435 g/mol. The van der Waals surface area contributed by atoms with Gasteiger partial charge in [-0.2, -0.15) is 13.2 Å². The van der Waals surface area contributed by atoms with E-state index in [1.54, 1.807) is 6.08 Å². The number of halogens is 3. The number of hydroxylamine groups is 2. The Morgan fingerprint density at radius 1 is 1.48 bits per heavy atom. The van der Waals surface area contributed by atoms with Crippen LogP contribution in [-0.4, -0.2) is 62.7 Å². The first-order valence-corrected chi connectivity index (χ1v) is 9.58. The lowest BCUT2D eigenvalue weighted by molar-refractivity contribution is -0.157. The molecule has 0 fully saturated rings. The zero-order valence-corrected chi connectivity index (χ0v) is 16.2. The molecule has 0 spiro atoms. The van der Waals surface area contributed by atoms with Gasteiger partial charge in [-0.15, -0.1) is 10.2 Å². The maximum Gasteiger partial charge on any atom is 0.445 e. The summed E-state index contributed by atoms with van der Waals surface area (Å²) < 4.78 is 37.8. The van der Waals surface area contributed by atoms with Gasteiger partial charge in [-0.05, 0) is 6.42 Å². The predicted molar refractivity (Wildman–Crippen MR) is 95.8 cm³/mol. The van der Waals surface area contributed by atoms with Gasteiger partial charge in [-0.25, -0.2) is 5.06 Å². The number of rotatable bonds is 9. The average Bonchev–Trinajstić information content (AvgIpc) is 3.33. The van der Waals surface area contributed by atoms with Crippen LogP contribution >= 0.6 is 11.3 Å². The van der Waals surface area contributed by atoms with Crippen LogP contribution in [-0.2, 0) is 20.6 Å². The standard InChI is InChI=1S/C16H20F3N5O4S/c1-2-3-5-10(8-23(28)9-25)13(27)24-7-4-6-11(24)12(26)20-15-22-21-14(29-15)16(17,18)19/h4,6,9-11,28H,2-3,5,7-8H2,1H3,(H,20,22,26)/t10-,11+/m1/s1. The molecule has 3 amide bonds. The van der Waals surface area contributed by atoms with E-state index >= 15 is 0 Å². The molecule has 1 aliphatic heterocycles. The Hall–Kier alpha value is -2.54. The molecular formula is C16H20F3N5O4S. The van der Waals surface area contributed by atoms with E-state index in [0.717, 1.165) is 6.42 Å². The summed E-state index contributed by atoms with van der Waals surface area (Å²) >= 11 is 0.180. The normalized spacial score (nSPS) is 17.3. The van der Waals surface area contributed by atoms with Gasteiger partial charge in [-0.3, -0.25) is 24.9 Å². The summed E-state index contributed by atoms with van der Waals surface area (Å²) in [5.74, 6) is -1.90. The number of carbonyl (C=O) groups is 3. The summed E-state index contributed by atoms with van der Waals surface area (Å²) in [6.07, 6.45) is 0.409. The summed E-state index contributed by atoms with van der Waals surface area (Å²) in [4.78, 5) is 37.3. The van der Waals surface area contributed by atoms with Crippen molar-refractivity contribution in [2.45, 2.75) is 38.4 Å². The Labute approximate surface area is 168 Å². The van der Waals surface area contributed by atoms with Crippen LogP contribution < -0.4 is 5.32 Å². The molecule has 0 bridgehead atoms. The molecule has 0 aromatic carbocycles. The van der Waals surface area contributed by atoms with E-state index in [1.165, 1.54) is 11.0 Å². The quantitative estimate of drug-likeness (QED) is 0.265. The molecule has 1 aliphatic rings. The third-order valence-corrected chi connectivity index (χ3v) is 5.07. The number of aromatic nitrogens is 2. The number of nitrogens with zero attached hydrogens (tertiary/aromatic N) is 4. The number of hydrogen-bond donors (Lipinski definition) is 2. The lowest BCUT2D eigenvalue weighted by Crippen LogP contribution is -2.47. The summed E-state index contributed by atoms with van der Waals surface area (Å²) in [7, 11) is 0. The van der Waals surface area contributed by atoms with Gasteiger partial charge < -0.3 is 4.90 Å². The van der Waals surface area contributed by atoms with E-state index in [9.17, 15) is 32.8 Å². The van der Waals surface area contributed by atoms with Gasteiger partial charge in [0.1, 0.15) is 6.04 Å². The number of alkyl halides is 3. The molecule has 2 atom stereocenters. The van der Waals surface area contributed by atoms with Crippen molar-refractivity contribution in [2.75, 3.05) is 18.4 Å². The molecule has 0 aliphatic carbocycles. The minimum atomic E-state index is -4.67. The van der Waals surface area contributed by atoms with Gasteiger partial charge in [0, 0.05) is 6.54 Å². The molecule has 13 heteroatoms. The van der Waals surface area contributed by atoms with Gasteiger partial charge in [0.2, 0.25) is 22.5 Å². The Morgan fingerprint density at radius 2 is 2.21 bits per heavy atom.